The van der Waals surface area contributed by atoms with E-state index in [1.165, 1.54) is 12.8 Å². The lowest BCUT2D eigenvalue weighted by atomic mass is 9.84. The summed E-state index contributed by atoms with van der Waals surface area (Å²) in [7, 11) is 4.07. The van der Waals surface area contributed by atoms with Crippen LogP contribution in [-0.4, -0.2) is 49.0 Å². The summed E-state index contributed by atoms with van der Waals surface area (Å²) in [5.74, 6) is 2.22. The molecule has 1 saturated heterocycles. The first kappa shape index (κ1) is 13.4. The maximum Gasteiger partial charge on any atom is 0.129 e. The topological polar surface area (TPSA) is 30.9 Å². The molecule has 2 rings (SSSR count). The highest BCUT2D eigenvalue weighted by Gasteiger charge is 2.29. The molecule has 0 aromatic carbocycles. The molecule has 4 heteroatoms. The average molecular weight is 250 g/mol. The SMILES string of the molecule is CNC1C=C(N2CCCC(C)(C)C2)N=C(C)N1C. The predicted molar refractivity (Wildman–Crippen MR) is 76.4 cm³/mol. The van der Waals surface area contributed by atoms with Gasteiger partial charge in [-0.3, -0.25) is 5.32 Å². The summed E-state index contributed by atoms with van der Waals surface area (Å²) in [5, 5.41) is 3.32. The monoisotopic (exact) mass is 250 g/mol. The first-order valence-corrected chi connectivity index (χ1v) is 6.85. The van der Waals surface area contributed by atoms with Crippen molar-refractivity contribution in [1.29, 1.82) is 0 Å². The summed E-state index contributed by atoms with van der Waals surface area (Å²) in [5.41, 5.74) is 0.404. The molecule has 0 radical (unpaired) electrons. The Labute approximate surface area is 111 Å². The minimum atomic E-state index is 0.252. The van der Waals surface area contributed by atoms with Crippen molar-refractivity contribution in [2.24, 2.45) is 10.4 Å². The van der Waals surface area contributed by atoms with Crippen LogP contribution in [0.4, 0.5) is 0 Å². The summed E-state index contributed by atoms with van der Waals surface area (Å²) in [4.78, 5) is 9.34. The average Bonchev–Trinajstić information content (AvgIpc) is 2.31. The quantitative estimate of drug-likeness (QED) is 0.811. The van der Waals surface area contributed by atoms with E-state index in [2.05, 4.69) is 49.0 Å². The number of likely N-dealkylation sites (tertiary alicyclic amines) is 1. The second-order valence-corrected chi connectivity index (χ2v) is 6.22. The van der Waals surface area contributed by atoms with Gasteiger partial charge in [-0.15, -0.1) is 0 Å². The lowest BCUT2D eigenvalue weighted by molar-refractivity contribution is 0.145. The van der Waals surface area contributed by atoms with Crippen LogP contribution in [-0.2, 0) is 0 Å². The molecule has 1 atom stereocenters. The first-order valence-electron chi connectivity index (χ1n) is 6.85. The molecule has 0 aliphatic carbocycles. The Kier molecular flexibility index (Phi) is 3.66. The molecule has 102 valence electrons. The smallest absolute Gasteiger partial charge is 0.129 e. The van der Waals surface area contributed by atoms with Gasteiger partial charge >= 0.3 is 0 Å². The van der Waals surface area contributed by atoms with E-state index in [-0.39, 0.29) is 6.17 Å². The Morgan fingerprint density at radius 3 is 2.78 bits per heavy atom. The van der Waals surface area contributed by atoms with Crippen LogP contribution in [0.25, 0.3) is 0 Å². The standard InChI is InChI=1S/C14H26N4/c1-11-16-13(9-12(15-4)17(11)5)18-8-6-7-14(2,3)10-18/h9,12,15H,6-8,10H2,1-5H3. The maximum absolute atomic E-state index is 4.74. The number of aliphatic imine (C=N–C) groups is 1. The molecule has 2 aliphatic heterocycles. The molecule has 0 saturated carbocycles. The van der Waals surface area contributed by atoms with Crippen molar-refractivity contribution in [3.63, 3.8) is 0 Å². The van der Waals surface area contributed by atoms with Gasteiger partial charge in [-0.1, -0.05) is 13.8 Å². The summed E-state index contributed by atoms with van der Waals surface area (Å²) < 4.78 is 0. The van der Waals surface area contributed by atoms with Crippen LogP contribution in [0.2, 0.25) is 0 Å². The van der Waals surface area contributed by atoms with Gasteiger partial charge in [0.25, 0.3) is 0 Å². The van der Waals surface area contributed by atoms with Crippen molar-refractivity contribution in [2.45, 2.75) is 39.8 Å². The Bertz CT molecular complexity index is 370. The van der Waals surface area contributed by atoms with E-state index in [1.807, 2.05) is 7.05 Å². The van der Waals surface area contributed by atoms with Crippen molar-refractivity contribution >= 4 is 5.84 Å². The number of piperidine rings is 1. The van der Waals surface area contributed by atoms with E-state index in [0.717, 1.165) is 24.7 Å². The van der Waals surface area contributed by atoms with Crippen molar-refractivity contribution in [2.75, 3.05) is 27.2 Å². The third kappa shape index (κ3) is 2.69. The van der Waals surface area contributed by atoms with Crippen molar-refractivity contribution < 1.29 is 0 Å². The van der Waals surface area contributed by atoms with Crippen LogP contribution in [0.15, 0.2) is 16.9 Å². The van der Waals surface area contributed by atoms with Gasteiger partial charge in [0.1, 0.15) is 17.8 Å². The molecule has 4 nitrogen and oxygen atoms in total. The zero-order valence-corrected chi connectivity index (χ0v) is 12.3. The van der Waals surface area contributed by atoms with Gasteiger partial charge in [0.2, 0.25) is 0 Å². The Morgan fingerprint density at radius 1 is 1.44 bits per heavy atom. The number of amidine groups is 1. The third-order valence-electron chi connectivity index (χ3n) is 4.03. The van der Waals surface area contributed by atoms with Gasteiger partial charge in [-0.25, -0.2) is 4.99 Å². The highest BCUT2D eigenvalue weighted by Crippen LogP contribution is 2.31. The lowest BCUT2D eigenvalue weighted by Crippen LogP contribution is -2.47. The van der Waals surface area contributed by atoms with E-state index >= 15 is 0 Å². The van der Waals surface area contributed by atoms with E-state index in [0.29, 0.717) is 5.41 Å². The summed E-state index contributed by atoms with van der Waals surface area (Å²) in [6, 6.07) is 0. The van der Waals surface area contributed by atoms with Crippen LogP contribution in [0.3, 0.4) is 0 Å². The molecule has 18 heavy (non-hydrogen) atoms. The van der Waals surface area contributed by atoms with E-state index < -0.39 is 0 Å². The molecule has 0 spiro atoms. The van der Waals surface area contributed by atoms with Gasteiger partial charge in [0, 0.05) is 20.1 Å². The van der Waals surface area contributed by atoms with Crippen LogP contribution in [0.5, 0.6) is 0 Å². The minimum absolute atomic E-state index is 0.252. The molecule has 1 unspecified atom stereocenters. The molecule has 0 aromatic heterocycles. The summed E-state index contributed by atoms with van der Waals surface area (Å²) in [6.45, 7) is 9.01. The number of nitrogens with one attached hydrogen (secondary N) is 1. The minimum Gasteiger partial charge on any atom is -0.356 e. The molecule has 1 N–H and O–H groups in total. The fourth-order valence-electron chi connectivity index (χ4n) is 2.81. The van der Waals surface area contributed by atoms with Crippen molar-refractivity contribution in [3.8, 4) is 0 Å². The first-order chi connectivity index (χ1) is 8.43. The van der Waals surface area contributed by atoms with Crippen molar-refractivity contribution in [1.82, 2.24) is 15.1 Å². The predicted octanol–water partition coefficient (Wildman–Crippen LogP) is 1.86. The third-order valence-corrected chi connectivity index (χ3v) is 4.03. The van der Waals surface area contributed by atoms with Gasteiger partial charge in [0.05, 0.1) is 0 Å². The molecule has 1 fully saturated rings. The Morgan fingerprint density at radius 2 is 2.17 bits per heavy atom. The van der Waals surface area contributed by atoms with Crippen LogP contribution in [0.1, 0.15) is 33.6 Å². The summed E-state index contributed by atoms with van der Waals surface area (Å²) >= 11 is 0. The zero-order valence-electron chi connectivity index (χ0n) is 12.3. The van der Waals surface area contributed by atoms with Crippen molar-refractivity contribution in [3.05, 3.63) is 11.9 Å². The van der Waals surface area contributed by atoms with E-state index in [1.54, 1.807) is 0 Å². The van der Waals surface area contributed by atoms with E-state index in [4.69, 9.17) is 4.99 Å². The van der Waals surface area contributed by atoms with Gasteiger partial charge < -0.3 is 9.80 Å². The number of rotatable bonds is 2. The van der Waals surface area contributed by atoms with Gasteiger partial charge in [-0.05, 0) is 38.3 Å². The fraction of sp³-hybridized carbons (Fsp3) is 0.786. The van der Waals surface area contributed by atoms with Gasteiger partial charge in [-0.2, -0.15) is 0 Å². The lowest BCUT2D eigenvalue weighted by Gasteiger charge is -2.41. The molecular formula is C14H26N4. The van der Waals surface area contributed by atoms with Crippen LogP contribution < -0.4 is 5.32 Å². The Balaban J connectivity index is 2.17. The number of likely N-dealkylation sites (N-methyl/N-ethyl adjacent to an activating group) is 2. The zero-order chi connectivity index (χ0) is 13.3. The number of hydrogen-bond acceptors (Lipinski definition) is 4. The van der Waals surface area contributed by atoms with Gasteiger partial charge in [0.15, 0.2) is 0 Å². The highest BCUT2D eigenvalue weighted by molar-refractivity contribution is 5.81. The summed E-state index contributed by atoms with van der Waals surface area (Å²) in [6.07, 6.45) is 5.06. The highest BCUT2D eigenvalue weighted by atomic mass is 15.3. The number of nitrogens with zero attached hydrogens (tertiary/aromatic N) is 3. The second kappa shape index (κ2) is 4.92. The molecule has 0 amide bonds. The largest absolute Gasteiger partial charge is 0.356 e. The van der Waals surface area contributed by atoms with E-state index in [9.17, 15) is 0 Å². The molecule has 2 heterocycles. The molecule has 2 aliphatic rings. The van der Waals surface area contributed by atoms with Crippen LogP contribution in [0, 0.1) is 5.41 Å². The second-order valence-electron chi connectivity index (χ2n) is 6.22. The Hall–Kier alpha value is -1.03. The molecule has 0 bridgehead atoms. The normalized spacial score (nSPS) is 27.9. The number of hydrogen-bond donors (Lipinski definition) is 1. The van der Waals surface area contributed by atoms with Crippen LogP contribution >= 0.6 is 0 Å². The fourth-order valence-corrected chi connectivity index (χ4v) is 2.81. The molecule has 0 aromatic rings. The molecular weight excluding hydrogens is 224 g/mol. The maximum atomic E-state index is 4.74.